The number of nitrogens with zero attached hydrogens (tertiary/aromatic N) is 1. The van der Waals surface area contributed by atoms with Crippen molar-refractivity contribution in [3.63, 3.8) is 0 Å². The number of hydrogen-bond acceptors (Lipinski definition) is 3. The molecule has 0 aromatic heterocycles. The first-order valence-electron chi connectivity index (χ1n) is 6.71. The van der Waals surface area contributed by atoms with Crippen LogP contribution in [0.3, 0.4) is 0 Å². The zero-order valence-electron chi connectivity index (χ0n) is 10.9. The molecule has 0 saturated carbocycles. The van der Waals surface area contributed by atoms with Gasteiger partial charge in [0.05, 0.1) is 10.0 Å². The molecule has 4 nitrogen and oxygen atoms in total. The van der Waals surface area contributed by atoms with Crippen LogP contribution in [0.2, 0.25) is 10.0 Å². The van der Waals surface area contributed by atoms with Gasteiger partial charge in [0.1, 0.15) is 5.75 Å². The molecule has 6 heteroatoms. The van der Waals surface area contributed by atoms with E-state index in [0.29, 0.717) is 34.5 Å². The molecule has 1 aromatic carbocycles. The van der Waals surface area contributed by atoms with Gasteiger partial charge in [0.25, 0.3) is 0 Å². The molecule has 1 aromatic rings. The molecule has 108 valence electrons. The number of carbonyl (C=O) groups excluding carboxylic acids is 1. The van der Waals surface area contributed by atoms with Gasteiger partial charge in [-0.15, -0.1) is 0 Å². The van der Waals surface area contributed by atoms with E-state index in [1.807, 2.05) is 4.90 Å². The fraction of sp³-hybridized carbons (Fsp3) is 0.500. The first-order valence-corrected chi connectivity index (χ1v) is 7.47. The average Bonchev–Trinajstić information content (AvgIpc) is 2.71. The fourth-order valence-corrected chi connectivity index (χ4v) is 3.35. The van der Waals surface area contributed by atoms with Crippen LogP contribution in [0.4, 0.5) is 0 Å². The van der Waals surface area contributed by atoms with Crippen molar-refractivity contribution in [1.29, 1.82) is 0 Å². The minimum absolute atomic E-state index is 0.0817. The number of amides is 1. The number of rotatable bonds is 3. The summed E-state index contributed by atoms with van der Waals surface area (Å²) in [6, 6.07) is 3.10. The predicted octanol–water partition coefficient (Wildman–Crippen LogP) is 2.23. The van der Waals surface area contributed by atoms with Gasteiger partial charge < -0.3 is 15.3 Å². The molecular formula is C14H16Cl2N2O2. The van der Waals surface area contributed by atoms with E-state index in [4.69, 9.17) is 23.2 Å². The lowest BCUT2D eigenvalue weighted by Gasteiger charge is -2.31. The molecule has 1 amide bonds. The third kappa shape index (κ3) is 2.48. The Hall–Kier alpha value is -0.970. The summed E-state index contributed by atoms with van der Waals surface area (Å²) in [7, 11) is 0. The van der Waals surface area contributed by atoms with Crippen molar-refractivity contribution < 1.29 is 9.90 Å². The van der Waals surface area contributed by atoms with Crippen LogP contribution in [0, 0.1) is 5.92 Å². The van der Waals surface area contributed by atoms with Crippen molar-refractivity contribution in [2.45, 2.75) is 12.3 Å². The molecule has 2 fully saturated rings. The summed E-state index contributed by atoms with van der Waals surface area (Å²) < 4.78 is 0. The van der Waals surface area contributed by atoms with E-state index >= 15 is 0 Å². The molecule has 2 saturated heterocycles. The lowest BCUT2D eigenvalue weighted by atomic mass is 9.97. The SMILES string of the molecule is O=C1C[C@@H](c2c(O)ccc(Cl)c2Cl)CN1CC1CNC1. The summed E-state index contributed by atoms with van der Waals surface area (Å²) in [6.45, 7) is 3.32. The summed E-state index contributed by atoms with van der Waals surface area (Å²) in [6.07, 6.45) is 0.383. The minimum Gasteiger partial charge on any atom is -0.508 e. The first kappa shape index (κ1) is 14.0. The lowest BCUT2D eigenvalue weighted by Crippen LogP contribution is -2.48. The molecule has 2 aliphatic rings. The number of hydrogen-bond donors (Lipinski definition) is 2. The van der Waals surface area contributed by atoms with Crippen molar-refractivity contribution in [3.8, 4) is 5.75 Å². The molecule has 0 unspecified atom stereocenters. The highest BCUT2D eigenvalue weighted by molar-refractivity contribution is 6.42. The first-order chi connectivity index (χ1) is 9.56. The number of nitrogens with one attached hydrogen (secondary N) is 1. The van der Waals surface area contributed by atoms with Gasteiger partial charge in [-0.2, -0.15) is 0 Å². The number of aromatic hydroxyl groups is 1. The Morgan fingerprint density at radius 3 is 2.75 bits per heavy atom. The predicted molar refractivity (Wildman–Crippen MR) is 78.4 cm³/mol. The Labute approximate surface area is 127 Å². The van der Waals surface area contributed by atoms with Crippen molar-refractivity contribution in [2.24, 2.45) is 5.92 Å². The van der Waals surface area contributed by atoms with Crippen LogP contribution in [0.25, 0.3) is 0 Å². The van der Waals surface area contributed by atoms with Gasteiger partial charge in [-0.25, -0.2) is 0 Å². The second-order valence-corrected chi connectivity index (χ2v) is 6.30. The van der Waals surface area contributed by atoms with Gasteiger partial charge in [0.2, 0.25) is 5.91 Å². The van der Waals surface area contributed by atoms with Crippen molar-refractivity contribution in [2.75, 3.05) is 26.2 Å². The zero-order chi connectivity index (χ0) is 14.3. The van der Waals surface area contributed by atoms with Crippen LogP contribution in [-0.2, 0) is 4.79 Å². The van der Waals surface area contributed by atoms with Crippen LogP contribution in [0.15, 0.2) is 12.1 Å². The summed E-state index contributed by atoms with van der Waals surface area (Å²) >= 11 is 12.2. The van der Waals surface area contributed by atoms with Gasteiger partial charge in [-0.1, -0.05) is 23.2 Å². The van der Waals surface area contributed by atoms with E-state index in [9.17, 15) is 9.90 Å². The monoisotopic (exact) mass is 314 g/mol. The smallest absolute Gasteiger partial charge is 0.223 e. The van der Waals surface area contributed by atoms with Gasteiger partial charge in [0, 0.05) is 50.0 Å². The van der Waals surface area contributed by atoms with Crippen LogP contribution in [0.1, 0.15) is 17.9 Å². The minimum atomic E-state index is -0.0817. The molecule has 2 aliphatic heterocycles. The Kier molecular flexibility index (Phi) is 3.80. The van der Waals surface area contributed by atoms with E-state index in [1.165, 1.54) is 6.07 Å². The molecule has 3 rings (SSSR count). The molecule has 0 aliphatic carbocycles. The molecule has 2 heterocycles. The van der Waals surface area contributed by atoms with Crippen LogP contribution >= 0.6 is 23.2 Å². The summed E-state index contributed by atoms with van der Waals surface area (Å²) in [5.41, 5.74) is 0.599. The Morgan fingerprint density at radius 1 is 1.35 bits per heavy atom. The number of phenolic OH excluding ortho intramolecular Hbond substituents is 1. The highest BCUT2D eigenvalue weighted by Gasteiger charge is 2.35. The van der Waals surface area contributed by atoms with E-state index in [1.54, 1.807) is 6.07 Å². The quantitative estimate of drug-likeness (QED) is 0.899. The van der Waals surface area contributed by atoms with Crippen molar-refractivity contribution in [3.05, 3.63) is 27.7 Å². The van der Waals surface area contributed by atoms with E-state index in [-0.39, 0.29) is 17.6 Å². The fourth-order valence-electron chi connectivity index (χ4n) is 2.88. The summed E-state index contributed by atoms with van der Waals surface area (Å²) in [5, 5.41) is 14.0. The average molecular weight is 315 g/mol. The summed E-state index contributed by atoms with van der Waals surface area (Å²) in [4.78, 5) is 14.0. The highest BCUT2D eigenvalue weighted by Crippen LogP contribution is 2.41. The molecule has 1 atom stereocenters. The van der Waals surface area contributed by atoms with Gasteiger partial charge in [0.15, 0.2) is 0 Å². The molecule has 0 bridgehead atoms. The lowest BCUT2D eigenvalue weighted by molar-refractivity contribution is -0.128. The standard InChI is InChI=1S/C14H16Cl2N2O2/c15-10-1-2-11(19)13(14(10)16)9-3-12(20)18(7-9)6-8-4-17-5-8/h1-2,8-9,17,19H,3-7H2/t9-/m1/s1. The van der Waals surface area contributed by atoms with E-state index in [2.05, 4.69) is 5.32 Å². The number of likely N-dealkylation sites (tertiary alicyclic amines) is 1. The molecule has 0 radical (unpaired) electrons. The Morgan fingerprint density at radius 2 is 2.10 bits per heavy atom. The highest BCUT2D eigenvalue weighted by atomic mass is 35.5. The third-order valence-corrected chi connectivity index (χ3v) is 4.90. The number of halogens is 2. The van der Waals surface area contributed by atoms with Crippen molar-refractivity contribution >= 4 is 29.1 Å². The maximum absolute atomic E-state index is 12.1. The second-order valence-electron chi connectivity index (χ2n) is 5.52. The van der Waals surface area contributed by atoms with Crippen molar-refractivity contribution in [1.82, 2.24) is 10.2 Å². The van der Waals surface area contributed by atoms with E-state index in [0.717, 1.165) is 19.6 Å². The van der Waals surface area contributed by atoms with Crippen LogP contribution < -0.4 is 5.32 Å². The van der Waals surface area contributed by atoms with E-state index < -0.39 is 0 Å². The molecule has 20 heavy (non-hydrogen) atoms. The number of benzene rings is 1. The summed E-state index contributed by atoms with van der Waals surface area (Å²) in [5.74, 6) is 0.699. The molecule has 0 spiro atoms. The third-order valence-electron chi connectivity index (χ3n) is 4.08. The van der Waals surface area contributed by atoms with Crippen LogP contribution in [-0.4, -0.2) is 42.1 Å². The normalized spacial score (nSPS) is 23.2. The Balaban J connectivity index is 1.79. The topological polar surface area (TPSA) is 52.6 Å². The maximum Gasteiger partial charge on any atom is 0.223 e. The maximum atomic E-state index is 12.1. The number of carbonyl (C=O) groups is 1. The second kappa shape index (κ2) is 5.43. The van der Waals surface area contributed by atoms with Gasteiger partial charge >= 0.3 is 0 Å². The number of phenols is 1. The van der Waals surface area contributed by atoms with Gasteiger partial charge in [-0.3, -0.25) is 4.79 Å². The largest absolute Gasteiger partial charge is 0.508 e. The molecule has 2 N–H and O–H groups in total. The molecular weight excluding hydrogens is 299 g/mol. The van der Waals surface area contributed by atoms with Crippen LogP contribution in [0.5, 0.6) is 5.75 Å². The zero-order valence-corrected chi connectivity index (χ0v) is 12.4. The Bertz CT molecular complexity index is 546. The van der Waals surface area contributed by atoms with Gasteiger partial charge in [-0.05, 0) is 12.1 Å².